The van der Waals surface area contributed by atoms with Crippen molar-refractivity contribution in [1.82, 2.24) is 9.97 Å². The van der Waals surface area contributed by atoms with Crippen LogP contribution in [0.15, 0.2) is 9.95 Å². The van der Waals surface area contributed by atoms with Gasteiger partial charge in [-0.2, -0.15) is 4.98 Å². The molecule has 0 atom stereocenters. The predicted molar refractivity (Wildman–Crippen MR) is 82.5 cm³/mol. The van der Waals surface area contributed by atoms with Crippen molar-refractivity contribution in [3.05, 3.63) is 15.9 Å². The standard InChI is InChI=1S/C15H24N2O2S/c1-10(2)8-9-20-15-16-13(18)12(14(19)17-15)11-6-4-3-5-7-11/h10-11H,3-9H2,1-2H3,(H2,16,17,18,19). The van der Waals surface area contributed by atoms with Gasteiger partial charge >= 0.3 is 0 Å². The van der Waals surface area contributed by atoms with E-state index in [2.05, 4.69) is 23.8 Å². The van der Waals surface area contributed by atoms with E-state index in [0.717, 1.165) is 37.9 Å². The summed E-state index contributed by atoms with van der Waals surface area (Å²) in [6.45, 7) is 4.33. The smallest absolute Gasteiger partial charge is 0.258 e. The van der Waals surface area contributed by atoms with Gasteiger partial charge in [-0.1, -0.05) is 44.9 Å². The fraction of sp³-hybridized carbons (Fsp3) is 0.733. The fourth-order valence-electron chi connectivity index (χ4n) is 2.67. The molecule has 1 fully saturated rings. The summed E-state index contributed by atoms with van der Waals surface area (Å²) in [5, 5.41) is 10.6. The molecular weight excluding hydrogens is 272 g/mol. The summed E-state index contributed by atoms with van der Waals surface area (Å²) in [7, 11) is 0. The molecule has 0 aliphatic heterocycles. The summed E-state index contributed by atoms with van der Waals surface area (Å²) in [5.41, 5.74) is 0.342. The van der Waals surface area contributed by atoms with Gasteiger partial charge in [0.25, 0.3) is 5.56 Å². The molecule has 1 saturated carbocycles. The monoisotopic (exact) mass is 296 g/mol. The quantitative estimate of drug-likeness (QED) is 0.643. The lowest BCUT2D eigenvalue weighted by molar-refractivity contribution is 0.394. The molecule has 4 nitrogen and oxygen atoms in total. The van der Waals surface area contributed by atoms with Gasteiger partial charge in [0, 0.05) is 5.75 Å². The van der Waals surface area contributed by atoms with E-state index in [1.54, 1.807) is 0 Å². The Balaban J connectivity index is 2.10. The summed E-state index contributed by atoms with van der Waals surface area (Å²) in [5.74, 6) is 1.65. The molecule has 5 heteroatoms. The van der Waals surface area contributed by atoms with E-state index in [9.17, 15) is 9.90 Å². The maximum absolute atomic E-state index is 12.2. The van der Waals surface area contributed by atoms with E-state index in [4.69, 9.17) is 0 Å². The number of aromatic nitrogens is 2. The number of nitrogens with one attached hydrogen (secondary N) is 1. The van der Waals surface area contributed by atoms with Crippen molar-refractivity contribution in [3.63, 3.8) is 0 Å². The molecule has 112 valence electrons. The van der Waals surface area contributed by atoms with Crippen LogP contribution in [-0.4, -0.2) is 20.8 Å². The maximum Gasteiger partial charge on any atom is 0.258 e. The molecule has 0 bridgehead atoms. The van der Waals surface area contributed by atoms with E-state index >= 15 is 0 Å². The molecule has 0 amide bonds. The van der Waals surface area contributed by atoms with Gasteiger partial charge in [0.15, 0.2) is 5.16 Å². The van der Waals surface area contributed by atoms with Crippen LogP contribution in [-0.2, 0) is 0 Å². The highest BCUT2D eigenvalue weighted by Crippen LogP contribution is 2.34. The molecule has 2 N–H and O–H groups in total. The summed E-state index contributed by atoms with van der Waals surface area (Å²) in [6, 6.07) is 0. The second-order valence-electron chi connectivity index (χ2n) is 5.97. The lowest BCUT2D eigenvalue weighted by atomic mass is 9.85. The molecule has 20 heavy (non-hydrogen) atoms. The molecule has 0 saturated heterocycles. The first-order valence-electron chi connectivity index (χ1n) is 7.54. The van der Waals surface area contributed by atoms with Gasteiger partial charge in [-0.15, -0.1) is 0 Å². The number of thioether (sulfide) groups is 1. The van der Waals surface area contributed by atoms with Gasteiger partial charge in [0.2, 0.25) is 5.88 Å². The van der Waals surface area contributed by atoms with Crippen molar-refractivity contribution < 1.29 is 5.11 Å². The highest BCUT2D eigenvalue weighted by Gasteiger charge is 2.23. The van der Waals surface area contributed by atoms with Gasteiger partial charge in [0.1, 0.15) is 0 Å². The van der Waals surface area contributed by atoms with Crippen molar-refractivity contribution >= 4 is 11.8 Å². The van der Waals surface area contributed by atoms with Crippen LogP contribution < -0.4 is 5.56 Å². The van der Waals surface area contributed by atoms with Crippen LogP contribution >= 0.6 is 11.8 Å². The Hall–Kier alpha value is -0.970. The summed E-state index contributed by atoms with van der Waals surface area (Å²) in [6.07, 6.45) is 6.53. The molecule has 1 aliphatic carbocycles. The van der Waals surface area contributed by atoms with Crippen molar-refractivity contribution in [1.29, 1.82) is 0 Å². The molecule has 2 rings (SSSR count). The van der Waals surface area contributed by atoms with E-state index in [-0.39, 0.29) is 17.4 Å². The van der Waals surface area contributed by atoms with Crippen LogP contribution in [0.2, 0.25) is 0 Å². The highest BCUT2D eigenvalue weighted by molar-refractivity contribution is 7.99. The van der Waals surface area contributed by atoms with Crippen molar-refractivity contribution in [2.45, 2.75) is 63.4 Å². The molecule has 1 heterocycles. The molecule has 0 radical (unpaired) electrons. The Kier molecular flexibility index (Phi) is 5.52. The van der Waals surface area contributed by atoms with Crippen LogP contribution in [0.25, 0.3) is 0 Å². The van der Waals surface area contributed by atoms with Gasteiger partial charge < -0.3 is 10.1 Å². The van der Waals surface area contributed by atoms with Crippen molar-refractivity contribution in [3.8, 4) is 5.88 Å². The van der Waals surface area contributed by atoms with Crippen LogP contribution in [0.1, 0.15) is 63.9 Å². The third-order valence-electron chi connectivity index (χ3n) is 3.86. The minimum absolute atomic E-state index is 0.0623. The first-order chi connectivity index (χ1) is 9.58. The van der Waals surface area contributed by atoms with E-state index in [1.807, 2.05) is 0 Å². The predicted octanol–water partition coefficient (Wildman–Crippen LogP) is 3.66. The number of aromatic hydroxyl groups is 1. The van der Waals surface area contributed by atoms with Crippen LogP contribution in [0.4, 0.5) is 0 Å². The Labute approximate surface area is 124 Å². The fourth-order valence-corrected chi connectivity index (χ4v) is 3.77. The van der Waals surface area contributed by atoms with E-state index in [1.165, 1.54) is 18.2 Å². The first-order valence-corrected chi connectivity index (χ1v) is 8.52. The molecule has 1 aromatic heterocycles. The Morgan fingerprint density at radius 1 is 1.35 bits per heavy atom. The number of rotatable bonds is 5. The van der Waals surface area contributed by atoms with E-state index in [0.29, 0.717) is 16.6 Å². The SMILES string of the molecule is CC(C)CCSc1nc(O)c(C2CCCCC2)c(=O)[nH]1. The lowest BCUT2D eigenvalue weighted by Gasteiger charge is -2.21. The van der Waals surface area contributed by atoms with Crippen LogP contribution in [0.3, 0.4) is 0 Å². The molecule has 0 aromatic carbocycles. The Morgan fingerprint density at radius 3 is 2.65 bits per heavy atom. The number of hydrogen-bond acceptors (Lipinski definition) is 4. The lowest BCUT2D eigenvalue weighted by Crippen LogP contribution is -2.20. The summed E-state index contributed by atoms with van der Waals surface area (Å²) in [4.78, 5) is 19.2. The third-order valence-corrected chi connectivity index (χ3v) is 4.77. The first kappa shape index (κ1) is 15.4. The Morgan fingerprint density at radius 2 is 2.05 bits per heavy atom. The van der Waals surface area contributed by atoms with Gasteiger partial charge in [-0.3, -0.25) is 4.79 Å². The average Bonchev–Trinajstić information content (AvgIpc) is 2.38. The van der Waals surface area contributed by atoms with Crippen molar-refractivity contribution in [2.75, 3.05) is 5.75 Å². The zero-order chi connectivity index (χ0) is 14.5. The molecule has 0 unspecified atom stereocenters. The van der Waals surface area contributed by atoms with E-state index < -0.39 is 0 Å². The van der Waals surface area contributed by atoms with Crippen LogP contribution in [0.5, 0.6) is 5.88 Å². The zero-order valence-electron chi connectivity index (χ0n) is 12.3. The topological polar surface area (TPSA) is 66.0 Å². The second-order valence-corrected chi connectivity index (χ2v) is 7.06. The molecule has 1 aliphatic rings. The highest BCUT2D eigenvalue weighted by atomic mass is 32.2. The molecule has 1 aromatic rings. The minimum Gasteiger partial charge on any atom is -0.493 e. The summed E-state index contributed by atoms with van der Waals surface area (Å²) >= 11 is 1.51. The zero-order valence-corrected chi connectivity index (χ0v) is 13.1. The number of hydrogen-bond donors (Lipinski definition) is 2. The largest absolute Gasteiger partial charge is 0.493 e. The summed E-state index contributed by atoms with van der Waals surface area (Å²) < 4.78 is 0. The minimum atomic E-state index is -0.156. The van der Waals surface area contributed by atoms with Crippen molar-refractivity contribution in [2.24, 2.45) is 5.92 Å². The molecule has 0 spiro atoms. The second kappa shape index (κ2) is 7.16. The number of aromatic amines is 1. The molecular formula is C15H24N2O2S. The average molecular weight is 296 g/mol. The normalized spacial score (nSPS) is 16.8. The third kappa shape index (κ3) is 4.01. The number of H-pyrrole nitrogens is 1. The number of nitrogens with zero attached hydrogens (tertiary/aromatic N) is 1. The Bertz CT molecular complexity index is 493. The van der Waals surface area contributed by atoms with Crippen LogP contribution in [0, 0.1) is 5.92 Å². The van der Waals surface area contributed by atoms with Gasteiger partial charge in [-0.05, 0) is 31.1 Å². The van der Waals surface area contributed by atoms with Gasteiger partial charge in [0.05, 0.1) is 5.56 Å². The van der Waals surface area contributed by atoms with Gasteiger partial charge in [-0.25, -0.2) is 0 Å². The maximum atomic E-state index is 12.2.